The number of aliphatic carboxylic acids is 1. The van der Waals surface area contributed by atoms with E-state index in [1.807, 2.05) is 30.0 Å². The molecule has 3 aromatic rings. The Morgan fingerprint density at radius 3 is 2.92 bits per heavy atom. The van der Waals surface area contributed by atoms with Gasteiger partial charge in [-0.15, -0.1) is 11.8 Å². The van der Waals surface area contributed by atoms with E-state index in [0.717, 1.165) is 49.1 Å². The fourth-order valence-corrected chi connectivity index (χ4v) is 6.24. The standard InChI is InChI=1S/C28H36FN3O3S/c1-31-13-3-5-27(31)36-16-4-14-32-15-11-20(21(19-32)17-28(33)34)6-8-25(29)23-10-12-30-26-9-7-22(35-2)18-24(23)26/h3,5,7,9-10,12-13,18,20-21,25H,4,6,8,11,14-17,19H2,1-2H3,(H,33,34)/t20-,21+,25+/m1/s1. The highest BCUT2D eigenvalue weighted by Crippen LogP contribution is 2.36. The van der Waals surface area contributed by atoms with Crippen LogP contribution in [-0.2, 0) is 11.8 Å². The first-order valence-electron chi connectivity index (χ1n) is 12.7. The number of carbonyl (C=O) groups is 1. The Hall–Kier alpha value is -2.58. The van der Waals surface area contributed by atoms with E-state index in [1.54, 1.807) is 19.4 Å². The van der Waals surface area contributed by atoms with E-state index in [2.05, 4.69) is 39.8 Å². The number of aryl methyl sites for hydroxylation is 1. The van der Waals surface area contributed by atoms with Crippen LogP contribution in [0.15, 0.2) is 53.8 Å². The third kappa shape index (κ3) is 6.79. The van der Waals surface area contributed by atoms with Crippen LogP contribution in [0.25, 0.3) is 10.9 Å². The van der Waals surface area contributed by atoms with Gasteiger partial charge in [0.2, 0.25) is 0 Å². The van der Waals surface area contributed by atoms with Crippen molar-refractivity contribution in [2.45, 2.75) is 43.3 Å². The van der Waals surface area contributed by atoms with Crippen LogP contribution in [-0.4, -0.2) is 58.0 Å². The maximum absolute atomic E-state index is 15.5. The second-order valence-corrected chi connectivity index (χ2v) is 10.8. The molecule has 4 rings (SSSR count). The Balaban J connectivity index is 1.32. The molecule has 0 radical (unpaired) electrons. The van der Waals surface area contributed by atoms with Gasteiger partial charge in [-0.2, -0.15) is 0 Å². The normalized spacial score (nSPS) is 19.4. The van der Waals surface area contributed by atoms with Crippen molar-refractivity contribution in [1.29, 1.82) is 0 Å². The molecule has 3 atom stereocenters. The third-order valence-corrected chi connectivity index (χ3v) is 8.50. The minimum Gasteiger partial charge on any atom is -0.497 e. The van der Waals surface area contributed by atoms with Crippen molar-refractivity contribution in [2.24, 2.45) is 18.9 Å². The number of thioether (sulfide) groups is 1. The Morgan fingerprint density at radius 2 is 2.17 bits per heavy atom. The number of fused-ring (bicyclic) bond motifs is 1. The summed E-state index contributed by atoms with van der Waals surface area (Å²) in [7, 11) is 3.65. The van der Waals surface area contributed by atoms with Gasteiger partial charge in [-0.05, 0) is 92.6 Å². The van der Waals surface area contributed by atoms with Gasteiger partial charge >= 0.3 is 5.97 Å². The molecular weight excluding hydrogens is 477 g/mol. The zero-order valence-corrected chi connectivity index (χ0v) is 21.9. The number of pyridine rings is 1. The smallest absolute Gasteiger partial charge is 0.303 e. The lowest BCUT2D eigenvalue weighted by molar-refractivity contribution is -0.139. The summed E-state index contributed by atoms with van der Waals surface area (Å²) in [5, 5.41) is 11.6. The summed E-state index contributed by atoms with van der Waals surface area (Å²) in [5.41, 5.74) is 1.38. The monoisotopic (exact) mass is 513 g/mol. The number of benzene rings is 1. The number of likely N-dealkylation sites (tertiary alicyclic amines) is 1. The summed E-state index contributed by atoms with van der Waals surface area (Å²) in [4.78, 5) is 18.3. The molecule has 1 aliphatic rings. The average Bonchev–Trinajstić information content (AvgIpc) is 3.29. The molecule has 0 bridgehead atoms. The quantitative estimate of drug-likeness (QED) is 0.238. The van der Waals surface area contributed by atoms with Crippen molar-refractivity contribution in [2.75, 3.05) is 32.5 Å². The van der Waals surface area contributed by atoms with Crippen molar-refractivity contribution in [3.8, 4) is 5.75 Å². The summed E-state index contributed by atoms with van der Waals surface area (Å²) in [6.07, 6.45) is 5.77. The van der Waals surface area contributed by atoms with E-state index in [-0.39, 0.29) is 18.3 Å². The number of alkyl halides is 1. The Bertz CT molecular complexity index is 1150. The second-order valence-electron chi connectivity index (χ2n) is 9.69. The highest BCUT2D eigenvalue weighted by molar-refractivity contribution is 7.99. The summed E-state index contributed by atoms with van der Waals surface area (Å²) >= 11 is 1.85. The molecule has 194 valence electrons. The van der Waals surface area contributed by atoms with Crippen LogP contribution in [0, 0.1) is 11.8 Å². The van der Waals surface area contributed by atoms with Gasteiger partial charge in [-0.1, -0.05) is 0 Å². The second kappa shape index (κ2) is 12.6. The molecule has 1 aliphatic heterocycles. The summed E-state index contributed by atoms with van der Waals surface area (Å²) in [6.45, 7) is 2.69. The largest absolute Gasteiger partial charge is 0.497 e. The molecule has 0 saturated carbocycles. The minimum atomic E-state index is -1.12. The van der Waals surface area contributed by atoms with E-state index in [9.17, 15) is 9.90 Å². The highest BCUT2D eigenvalue weighted by atomic mass is 32.2. The van der Waals surface area contributed by atoms with Crippen LogP contribution in [0.2, 0.25) is 0 Å². The molecule has 1 saturated heterocycles. The fraction of sp³-hybridized carbons (Fsp3) is 0.500. The number of nitrogens with zero attached hydrogens (tertiary/aromatic N) is 3. The molecule has 36 heavy (non-hydrogen) atoms. The lowest BCUT2D eigenvalue weighted by Crippen LogP contribution is -2.42. The minimum absolute atomic E-state index is 0.0539. The molecule has 3 heterocycles. The molecule has 1 aromatic carbocycles. The van der Waals surface area contributed by atoms with Crippen LogP contribution >= 0.6 is 11.8 Å². The number of carboxylic acids is 1. The lowest BCUT2D eigenvalue weighted by Gasteiger charge is -2.38. The van der Waals surface area contributed by atoms with Gasteiger partial charge in [0.1, 0.15) is 11.9 Å². The first kappa shape index (κ1) is 26.5. The average molecular weight is 514 g/mol. The number of halogens is 1. The number of rotatable bonds is 12. The van der Waals surface area contributed by atoms with E-state index >= 15 is 4.39 Å². The van der Waals surface area contributed by atoms with Crippen LogP contribution in [0.3, 0.4) is 0 Å². The fourth-order valence-electron chi connectivity index (χ4n) is 5.32. The zero-order chi connectivity index (χ0) is 25.5. The molecule has 1 fully saturated rings. The van der Waals surface area contributed by atoms with Gasteiger partial charge in [0.15, 0.2) is 0 Å². The number of hydrogen-bond acceptors (Lipinski definition) is 5. The van der Waals surface area contributed by atoms with Crippen LogP contribution < -0.4 is 4.74 Å². The van der Waals surface area contributed by atoms with Gasteiger partial charge in [0.25, 0.3) is 0 Å². The van der Waals surface area contributed by atoms with Crippen molar-refractivity contribution in [3.63, 3.8) is 0 Å². The van der Waals surface area contributed by atoms with E-state index in [4.69, 9.17) is 4.74 Å². The zero-order valence-electron chi connectivity index (χ0n) is 21.1. The van der Waals surface area contributed by atoms with E-state index in [0.29, 0.717) is 24.2 Å². The molecule has 1 N–H and O–H groups in total. The maximum atomic E-state index is 15.5. The number of carboxylic acid groups (broad SMARTS) is 1. The predicted molar refractivity (Wildman–Crippen MR) is 142 cm³/mol. The Labute approximate surface area is 216 Å². The van der Waals surface area contributed by atoms with Crippen molar-refractivity contribution in [3.05, 3.63) is 54.4 Å². The molecular formula is C28H36FN3O3S. The van der Waals surface area contributed by atoms with Gasteiger partial charge in [-0.3, -0.25) is 9.78 Å². The summed E-state index contributed by atoms with van der Waals surface area (Å²) in [5.74, 6) is 1.22. The van der Waals surface area contributed by atoms with Crippen LogP contribution in [0.4, 0.5) is 4.39 Å². The van der Waals surface area contributed by atoms with E-state index < -0.39 is 12.1 Å². The Morgan fingerprint density at radius 1 is 1.31 bits per heavy atom. The van der Waals surface area contributed by atoms with Crippen molar-refractivity contribution in [1.82, 2.24) is 14.5 Å². The number of ether oxygens (including phenoxy) is 1. The third-order valence-electron chi connectivity index (χ3n) is 7.29. The molecule has 0 spiro atoms. The molecule has 8 heteroatoms. The molecule has 0 aliphatic carbocycles. The highest BCUT2D eigenvalue weighted by Gasteiger charge is 2.31. The first-order valence-corrected chi connectivity index (χ1v) is 13.7. The summed E-state index contributed by atoms with van der Waals surface area (Å²) in [6, 6.07) is 11.4. The van der Waals surface area contributed by atoms with Gasteiger partial charge in [0, 0.05) is 43.5 Å². The van der Waals surface area contributed by atoms with Crippen LogP contribution in [0.1, 0.15) is 43.8 Å². The van der Waals surface area contributed by atoms with Gasteiger partial charge in [-0.25, -0.2) is 4.39 Å². The molecule has 6 nitrogen and oxygen atoms in total. The predicted octanol–water partition coefficient (Wildman–Crippen LogP) is 5.97. The number of piperidine rings is 1. The molecule has 2 aromatic heterocycles. The lowest BCUT2D eigenvalue weighted by atomic mass is 9.79. The molecule has 0 amide bonds. The summed E-state index contributed by atoms with van der Waals surface area (Å²) < 4.78 is 22.9. The van der Waals surface area contributed by atoms with Crippen LogP contribution in [0.5, 0.6) is 5.75 Å². The SMILES string of the molecule is COc1ccc2nccc([C@@H](F)CC[C@@H]3CCN(CCCSc4cccn4C)C[C@@H]3CC(=O)O)c2c1. The molecule has 0 unspecified atom stereocenters. The van der Waals surface area contributed by atoms with E-state index in [1.165, 1.54) is 5.03 Å². The number of methoxy groups -OCH3 is 1. The Kier molecular flexibility index (Phi) is 9.26. The first-order chi connectivity index (χ1) is 17.4. The maximum Gasteiger partial charge on any atom is 0.303 e. The van der Waals surface area contributed by atoms with Gasteiger partial charge < -0.3 is 19.3 Å². The number of hydrogen-bond donors (Lipinski definition) is 1. The number of aromatic nitrogens is 2. The van der Waals surface area contributed by atoms with Crippen molar-refractivity contribution >= 4 is 28.6 Å². The van der Waals surface area contributed by atoms with Gasteiger partial charge in [0.05, 0.1) is 17.7 Å². The van der Waals surface area contributed by atoms with Crippen molar-refractivity contribution < 1.29 is 19.0 Å². The topological polar surface area (TPSA) is 67.6 Å².